The molecule has 4 heterocycles. The third kappa shape index (κ3) is 2.73. The number of hydrogen-bond donors (Lipinski definition) is 2. The molecule has 10 rings (SSSR count). The van der Waals surface area contributed by atoms with Crippen LogP contribution in [-0.2, 0) is 28.4 Å². The summed E-state index contributed by atoms with van der Waals surface area (Å²) in [5, 5.41) is 24.7. The highest BCUT2D eigenvalue weighted by atomic mass is 16.6. The van der Waals surface area contributed by atoms with Gasteiger partial charge in [-0.3, -0.25) is 0 Å². The number of methoxy groups -OCH3 is 2. The van der Waals surface area contributed by atoms with E-state index >= 15 is 0 Å². The van der Waals surface area contributed by atoms with Gasteiger partial charge in [-0.1, -0.05) is 12.1 Å². The van der Waals surface area contributed by atoms with Crippen molar-refractivity contribution in [3.05, 3.63) is 57.9 Å². The lowest BCUT2D eigenvalue weighted by Crippen LogP contribution is -2.68. The Bertz CT molecular complexity index is 1670. The molecular formula is C36H42N2O6. The zero-order valence-corrected chi connectivity index (χ0v) is 26.1. The number of hydrogen-bond acceptors (Lipinski definition) is 8. The van der Waals surface area contributed by atoms with E-state index < -0.39 is 11.2 Å². The molecule has 2 unspecified atom stereocenters. The van der Waals surface area contributed by atoms with Crippen LogP contribution in [0.25, 0.3) is 0 Å². The summed E-state index contributed by atoms with van der Waals surface area (Å²) in [6.45, 7) is 1.92. The van der Waals surface area contributed by atoms with Crippen molar-refractivity contribution in [2.24, 2.45) is 17.8 Å². The zero-order valence-electron chi connectivity index (χ0n) is 26.1. The summed E-state index contributed by atoms with van der Waals surface area (Å²) in [5.41, 5.74) is 5.44. The van der Waals surface area contributed by atoms with Gasteiger partial charge in [-0.05, 0) is 106 Å². The number of piperidine rings is 2. The van der Waals surface area contributed by atoms with Gasteiger partial charge in [-0.15, -0.1) is 0 Å². The van der Waals surface area contributed by atoms with Crippen molar-refractivity contribution in [1.82, 2.24) is 9.80 Å². The quantitative estimate of drug-likeness (QED) is 0.539. The van der Waals surface area contributed by atoms with E-state index in [1.54, 1.807) is 14.2 Å². The molecule has 8 aliphatic rings. The van der Waals surface area contributed by atoms with Gasteiger partial charge in [0.05, 0.1) is 20.1 Å². The van der Waals surface area contributed by atoms with Gasteiger partial charge >= 0.3 is 0 Å². The molecule has 2 aromatic carbocycles. The van der Waals surface area contributed by atoms with Crippen molar-refractivity contribution in [2.45, 2.75) is 79.8 Å². The zero-order chi connectivity index (χ0) is 29.9. The molecule has 8 nitrogen and oxygen atoms in total. The largest absolute Gasteiger partial charge is 0.504 e. The summed E-state index contributed by atoms with van der Waals surface area (Å²) >= 11 is 0. The van der Waals surface area contributed by atoms with Crippen LogP contribution in [0.5, 0.6) is 23.0 Å². The number of aliphatic hydroxyl groups is 1. The van der Waals surface area contributed by atoms with Crippen LogP contribution >= 0.6 is 0 Å². The highest BCUT2D eigenvalue weighted by Gasteiger charge is 2.74. The fraction of sp³-hybridized carbons (Fsp3) is 0.611. The number of phenolic OH excluding ortho intramolecular Hbond substituents is 1. The lowest BCUT2D eigenvalue weighted by Gasteiger charge is -2.63. The predicted octanol–water partition coefficient (Wildman–Crippen LogP) is 3.89. The Morgan fingerprint density at radius 3 is 2.20 bits per heavy atom. The first kappa shape index (κ1) is 26.3. The molecule has 232 valence electrons. The van der Waals surface area contributed by atoms with Crippen molar-refractivity contribution in [3.8, 4) is 23.0 Å². The maximum atomic E-state index is 12.8. The minimum Gasteiger partial charge on any atom is -0.504 e. The highest BCUT2D eigenvalue weighted by molar-refractivity contribution is 5.64. The van der Waals surface area contributed by atoms with E-state index in [0.717, 1.165) is 74.4 Å². The predicted molar refractivity (Wildman–Crippen MR) is 162 cm³/mol. The topological polar surface area (TPSA) is 83.9 Å². The molecule has 4 bridgehead atoms. The molecule has 9 atom stereocenters. The van der Waals surface area contributed by atoms with Crippen molar-refractivity contribution in [2.75, 3.05) is 41.4 Å². The Morgan fingerprint density at radius 2 is 1.48 bits per heavy atom. The van der Waals surface area contributed by atoms with Crippen LogP contribution in [0.15, 0.2) is 35.6 Å². The lowest BCUT2D eigenvalue weighted by atomic mass is 9.44. The Morgan fingerprint density at radius 1 is 0.818 bits per heavy atom. The molecule has 8 heteroatoms. The minimum atomic E-state index is -1.35. The van der Waals surface area contributed by atoms with E-state index in [9.17, 15) is 10.2 Å². The van der Waals surface area contributed by atoms with Crippen LogP contribution in [0, 0.1) is 17.8 Å². The van der Waals surface area contributed by atoms with Gasteiger partial charge in [0.15, 0.2) is 29.1 Å². The molecule has 4 aliphatic carbocycles. The van der Waals surface area contributed by atoms with Crippen LogP contribution in [0.3, 0.4) is 0 Å². The van der Waals surface area contributed by atoms with E-state index in [1.807, 2.05) is 6.07 Å². The van der Waals surface area contributed by atoms with Crippen molar-refractivity contribution in [3.63, 3.8) is 0 Å². The van der Waals surface area contributed by atoms with Gasteiger partial charge in [0, 0.05) is 40.5 Å². The number of benzene rings is 2. The van der Waals surface area contributed by atoms with Crippen LogP contribution in [0.1, 0.15) is 54.4 Å². The molecule has 1 spiro atoms. The molecule has 0 aromatic heterocycles. The number of ether oxygens (including phenoxy) is 4. The number of likely N-dealkylation sites (tertiary alicyclic amines) is 2. The standard InChI is InChI=1S/C36H42N2O6/c1-37-13-11-34-21(23(37)15-18-5-7-25(41-3)29(39)27(18)34)9-10-36(40)32(34)20-17-22-24-16-19-6-8-26(42-4)31-28(19)35(22,12-14-38(24)2)33(43-31)30(20)44-36/h5-8,21-24,32-33,39-40H,9-17H2,1-4H3/t21-,22-,23+,24-,32?,33-,34-,35-,36?/m0/s1. The van der Waals surface area contributed by atoms with Gasteiger partial charge in [0.25, 0.3) is 0 Å². The summed E-state index contributed by atoms with van der Waals surface area (Å²) < 4.78 is 25.7. The van der Waals surface area contributed by atoms with Gasteiger partial charge in [-0.25, -0.2) is 0 Å². The minimum absolute atomic E-state index is 0.195. The maximum absolute atomic E-state index is 12.8. The Hall–Kier alpha value is -2.94. The molecule has 2 aromatic rings. The van der Waals surface area contributed by atoms with Crippen LogP contribution in [0.2, 0.25) is 0 Å². The maximum Gasteiger partial charge on any atom is 0.215 e. The van der Waals surface area contributed by atoms with Crippen molar-refractivity contribution < 1.29 is 29.2 Å². The molecule has 2 saturated heterocycles. The average molecular weight is 599 g/mol. The van der Waals surface area contributed by atoms with Gasteiger partial charge in [0.1, 0.15) is 5.76 Å². The molecule has 0 radical (unpaired) electrons. The summed E-state index contributed by atoms with van der Waals surface area (Å²) in [6.07, 6.45) is 5.76. The highest BCUT2D eigenvalue weighted by Crippen LogP contribution is 2.72. The van der Waals surface area contributed by atoms with E-state index in [4.69, 9.17) is 18.9 Å². The number of aromatic hydroxyl groups is 1. The Balaban J connectivity index is 1.22. The molecule has 44 heavy (non-hydrogen) atoms. The number of fused-ring (bicyclic) bond motifs is 4. The SMILES string of the molecule is COc1ccc2c(c1O)[C@]13CCN(C)[C@H](C2)[C@@H]1CCC1(O)OC2=C(C[C@H]4[C@@H]5Cc6ccc(OC)c7c6[C@@]4(CCN5C)[C@H]2O7)C13. The van der Waals surface area contributed by atoms with E-state index in [1.165, 1.54) is 22.3 Å². The third-order valence-electron chi connectivity index (χ3n) is 13.9. The first-order chi connectivity index (χ1) is 21.3. The molecule has 2 N–H and O–H groups in total. The fourth-order valence-electron chi connectivity index (χ4n) is 12.3. The van der Waals surface area contributed by atoms with Gasteiger partial charge in [-0.2, -0.15) is 0 Å². The van der Waals surface area contributed by atoms with Crippen molar-refractivity contribution in [1.29, 1.82) is 0 Å². The number of phenols is 1. The van der Waals surface area contributed by atoms with E-state index in [-0.39, 0.29) is 23.2 Å². The molecule has 0 amide bonds. The summed E-state index contributed by atoms with van der Waals surface area (Å²) in [7, 11) is 7.88. The van der Waals surface area contributed by atoms with Gasteiger partial charge < -0.3 is 39.0 Å². The first-order valence-corrected chi connectivity index (χ1v) is 16.6. The molecule has 1 saturated carbocycles. The molecule has 4 aliphatic heterocycles. The van der Waals surface area contributed by atoms with Crippen molar-refractivity contribution >= 4 is 0 Å². The summed E-state index contributed by atoms with van der Waals surface area (Å²) in [4.78, 5) is 5.08. The lowest BCUT2D eigenvalue weighted by molar-refractivity contribution is -0.244. The Labute approximate surface area is 258 Å². The van der Waals surface area contributed by atoms with Crippen LogP contribution < -0.4 is 14.2 Å². The van der Waals surface area contributed by atoms with Crippen LogP contribution in [0.4, 0.5) is 0 Å². The van der Waals surface area contributed by atoms with Crippen LogP contribution in [-0.4, -0.2) is 85.4 Å². The van der Waals surface area contributed by atoms with Gasteiger partial charge in [0.2, 0.25) is 5.79 Å². The monoisotopic (exact) mass is 598 g/mol. The second kappa shape index (κ2) is 8.25. The van der Waals surface area contributed by atoms with E-state index in [0.29, 0.717) is 36.1 Å². The molecule has 3 fully saturated rings. The average Bonchev–Trinajstić information content (AvgIpc) is 3.52. The Kier molecular flexibility index (Phi) is 4.93. The number of nitrogens with zero attached hydrogens (tertiary/aromatic N) is 2. The fourth-order valence-corrected chi connectivity index (χ4v) is 12.3. The summed E-state index contributed by atoms with van der Waals surface area (Å²) in [6, 6.07) is 9.11. The third-order valence-corrected chi connectivity index (χ3v) is 13.9. The number of rotatable bonds is 2. The summed E-state index contributed by atoms with van der Waals surface area (Å²) in [5.74, 6) is 2.33. The molecular weight excluding hydrogens is 556 g/mol. The normalized spacial score (nSPS) is 42.3. The smallest absolute Gasteiger partial charge is 0.215 e. The van der Waals surface area contributed by atoms with E-state index in [2.05, 4.69) is 42.1 Å². The second-order valence-electron chi connectivity index (χ2n) is 15.1. The second-order valence-corrected chi connectivity index (χ2v) is 15.1. The first-order valence-electron chi connectivity index (χ1n) is 16.6. The number of likely N-dealkylation sites (N-methyl/N-ethyl adjacent to an activating group) is 2.